The van der Waals surface area contributed by atoms with Gasteiger partial charge in [-0.2, -0.15) is 4.98 Å². The molecule has 29 heavy (non-hydrogen) atoms. The van der Waals surface area contributed by atoms with Crippen molar-refractivity contribution in [3.63, 3.8) is 0 Å². The van der Waals surface area contributed by atoms with Crippen LogP contribution in [0.2, 0.25) is 5.02 Å². The molecule has 2 heterocycles. The third-order valence-corrected chi connectivity index (χ3v) is 6.20. The second-order valence-electron chi connectivity index (χ2n) is 6.81. The summed E-state index contributed by atoms with van der Waals surface area (Å²) in [6.45, 7) is -0.153. The minimum Gasteiger partial charge on any atom is -0.404 e. The topological polar surface area (TPSA) is 146 Å². The molecule has 1 saturated carbocycles. The standard InChI is InChI=1S/C17H19ClN5O5P/c18-11-1-3-12(4-2-11)28-29(25,26)27-8-10-5-15(13(10)7-24)23-9-21-14-6-20-17(19)22-16(14)23/h1-4,6,9-10,13,15,24H,5,7-8H2,(H,25,26)(H2,19,20,22). The summed E-state index contributed by atoms with van der Waals surface area (Å²) in [4.78, 5) is 22.3. The molecule has 4 unspecified atom stereocenters. The molecule has 0 spiro atoms. The molecule has 0 radical (unpaired) electrons. The molecule has 10 nitrogen and oxygen atoms in total. The van der Waals surface area contributed by atoms with Crippen LogP contribution in [0.25, 0.3) is 11.2 Å². The maximum absolute atomic E-state index is 12.2. The third kappa shape index (κ3) is 4.22. The Labute approximate surface area is 170 Å². The highest BCUT2D eigenvalue weighted by atomic mass is 35.5. The Morgan fingerprint density at radius 3 is 2.79 bits per heavy atom. The average molecular weight is 440 g/mol. The van der Waals surface area contributed by atoms with Crippen molar-refractivity contribution in [3.05, 3.63) is 41.8 Å². The molecule has 1 aliphatic carbocycles. The minimum absolute atomic E-state index is 0.0349. The van der Waals surface area contributed by atoms with E-state index < -0.39 is 7.82 Å². The van der Waals surface area contributed by atoms with Gasteiger partial charge in [0.05, 0.1) is 19.1 Å². The number of fused-ring (bicyclic) bond motifs is 1. The number of phosphoric acid groups is 1. The molecule has 2 aromatic heterocycles. The maximum atomic E-state index is 12.2. The predicted molar refractivity (Wildman–Crippen MR) is 105 cm³/mol. The zero-order valence-corrected chi connectivity index (χ0v) is 16.8. The van der Waals surface area contributed by atoms with Crippen molar-refractivity contribution in [2.45, 2.75) is 12.5 Å². The largest absolute Gasteiger partial charge is 0.527 e. The number of nitrogens with zero attached hydrogens (tertiary/aromatic N) is 4. The number of nitrogens with two attached hydrogens (primary N) is 1. The van der Waals surface area contributed by atoms with Crippen LogP contribution in [0.15, 0.2) is 36.8 Å². The van der Waals surface area contributed by atoms with E-state index in [1.807, 2.05) is 4.57 Å². The van der Waals surface area contributed by atoms with E-state index in [1.54, 1.807) is 18.5 Å². The van der Waals surface area contributed by atoms with Gasteiger partial charge in [0, 0.05) is 23.6 Å². The van der Waals surface area contributed by atoms with Crippen molar-refractivity contribution in [1.29, 1.82) is 0 Å². The lowest BCUT2D eigenvalue weighted by Crippen LogP contribution is -2.42. The molecule has 154 valence electrons. The number of hydrogen-bond acceptors (Lipinski definition) is 8. The summed E-state index contributed by atoms with van der Waals surface area (Å²) >= 11 is 5.78. The van der Waals surface area contributed by atoms with Crippen LogP contribution in [0.3, 0.4) is 0 Å². The first-order valence-corrected chi connectivity index (χ1v) is 10.7. The van der Waals surface area contributed by atoms with E-state index in [2.05, 4.69) is 15.0 Å². The van der Waals surface area contributed by atoms with Gasteiger partial charge in [0.2, 0.25) is 5.95 Å². The van der Waals surface area contributed by atoms with Gasteiger partial charge in [0.25, 0.3) is 0 Å². The van der Waals surface area contributed by atoms with E-state index in [4.69, 9.17) is 26.4 Å². The molecule has 3 aromatic rings. The summed E-state index contributed by atoms with van der Waals surface area (Å²) in [6.07, 6.45) is 3.78. The number of nitrogen functional groups attached to an aromatic ring is 1. The fraction of sp³-hybridized carbons (Fsp3) is 0.353. The van der Waals surface area contributed by atoms with Gasteiger partial charge in [-0.15, -0.1) is 0 Å². The van der Waals surface area contributed by atoms with Crippen molar-refractivity contribution < 1.29 is 23.6 Å². The molecule has 4 N–H and O–H groups in total. The van der Waals surface area contributed by atoms with E-state index in [-0.39, 0.29) is 42.8 Å². The number of aliphatic hydroxyl groups is 1. The summed E-state index contributed by atoms with van der Waals surface area (Å²) in [5.74, 6) is -0.0118. The monoisotopic (exact) mass is 439 g/mol. The van der Waals surface area contributed by atoms with Crippen LogP contribution in [-0.2, 0) is 9.09 Å². The molecule has 4 atom stereocenters. The Balaban J connectivity index is 1.40. The Morgan fingerprint density at radius 2 is 2.07 bits per heavy atom. The summed E-state index contributed by atoms with van der Waals surface area (Å²) in [7, 11) is -4.31. The number of halogens is 1. The number of benzene rings is 1. The molecule has 0 amide bonds. The zero-order chi connectivity index (χ0) is 20.6. The number of imidazole rings is 1. The highest BCUT2D eigenvalue weighted by Crippen LogP contribution is 2.49. The molecule has 0 bridgehead atoms. The lowest BCUT2D eigenvalue weighted by Gasteiger charge is -2.44. The first-order valence-electron chi connectivity index (χ1n) is 8.84. The van der Waals surface area contributed by atoms with Gasteiger partial charge in [-0.1, -0.05) is 11.6 Å². The number of hydrogen-bond donors (Lipinski definition) is 3. The maximum Gasteiger partial charge on any atom is 0.527 e. The number of phosphoric ester groups is 1. The molecule has 0 saturated heterocycles. The summed E-state index contributed by atoms with van der Waals surface area (Å²) in [5.41, 5.74) is 6.85. The fourth-order valence-electron chi connectivity index (χ4n) is 3.49. The lowest BCUT2D eigenvalue weighted by atomic mass is 9.70. The molecule has 0 aliphatic heterocycles. The summed E-state index contributed by atoms with van der Waals surface area (Å²) < 4.78 is 24.2. The smallest absolute Gasteiger partial charge is 0.404 e. The molecular formula is C17H19ClN5O5P. The van der Waals surface area contributed by atoms with Gasteiger partial charge in [-0.3, -0.25) is 9.42 Å². The highest BCUT2D eigenvalue weighted by molar-refractivity contribution is 7.47. The van der Waals surface area contributed by atoms with Gasteiger partial charge in [0.15, 0.2) is 5.65 Å². The van der Waals surface area contributed by atoms with Gasteiger partial charge < -0.3 is 19.9 Å². The molecule has 1 aromatic carbocycles. The summed E-state index contributed by atoms with van der Waals surface area (Å²) in [6, 6.07) is 5.95. The van der Waals surface area contributed by atoms with Crippen molar-refractivity contribution in [2.75, 3.05) is 18.9 Å². The SMILES string of the molecule is Nc1ncc2ncn(C3CC(COP(=O)(O)Oc4ccc(Cl)cc4)C3CO)c2n1. The lowest BCUT2D eigenvalue weighted by molar-refractivity contribution is -0.00487. The fourth-order valence-corrected chi connectivity index (χ4v) is 4.43. The number of rotatable bonds is 7. The highest BCUT2D eigenvalue weighted by Gasteiger charge is 2.43. The van der Waals surface area contributed by atoms with Gasteiger partial charge in [-0.25, -0.2) is 14.5 Å². The number of anilines is 1. The van der Waals surface area contributed by atoms with Crippen molar-refractivity contribution in [2.24, 2.45) is 11.8 Å². The van der Waals surface area contributed by atoms with Crippen LogP contribution in [0.4, 0.5) is 5.95 Å². The van der Waals surface area contributed by atoms with Gasteiger partial charge in [-0.05, 0) is 36.6 Å². The molecule has 4 rings (SSSR count). The molecule has 12 heteroatoms. The van der Waals surface area contributed by atoms with E-state index in [9.17, 15) is 14.6 Å². The molecular weight excluding hydrogens is 421 g/mol. The van der Waals surface area contributed by atoms with Crippen LogP contribution in [-0.4, -0.2) is 42.7 Å². The van der Waals surface area contributed by atoms with Crippen molar-refractivity contribution in [3.8, 4) is 5.75 Å². The second kappa shape index (κ2) is 7.89. The van der Waals surface area contributed by atoms with E-state index in [1.165, 1.54) is 18.3 Å². The number of aliphatic hydroxyl groups excluding tert-OH is 1. The van der Waals surface area contributed by atoms with Crippen LogP contribution in [0.5, 0.6) is 5.75 Å². The first-order chi connectivity index (χ1) is 13.9. The zero-order valence-electron chi connectivity index (χ0n) is 15.1. The van der Waals surface area contributed by atoms with Crippen LogP contribution in [0, 0.1) is 11.8 Å². The predicted octanol–water partition coefficient (Wildman–Crippen LogP) is 2.43. The van der Waals surface area contributed by atoms with Crippen LogP contribution < -0.4 is 10.3 Å². The van der Waals surface area contributed by atoms with E-state index in [0.717, 1.165) is 0 Å². The Hall–Kier alpha value is -2.23. The van der Waals surface area contributed by atoms with E-state index >= 15 is 0 Å². The Kier molecular flexibility index (Phi) is 5.46. The van der Waals surface area contributed by atoms with Crippen molar-refractivity contribution >= 4 is 36.5 Å². The quantitative estimate of drug-likeness (QED) is 0.472. The minimum atomic E-state index is -4.31. The van der Waals surface area contributed by atoms with Crippen LogP contribution >= 0.6 is 19.4 Å². The molecule has 1 fully saturated rings. The Morgan fingerprint density at radius 1 is 1.31 bits per heavy atom. The van der Waals surface area contributed by atoms with Gasteiger partial charge in [0.1, 0.15) is 11.3 Å². The third-order valence-electron chi connectivity index (χ3n) is 5.03. The average Bonchev–Trinajstić information content (AvgIpc) is 3.05. The molecule has 1 aliphatic rings. The van der Waals surface area contributed by atoms with Gasteiger partial charge >= 0.3 is 7.82 Å². The summed E-state index contributed by atoms with van der Waals surface area (Å²) in [5, 5.41) is 10.3. The normalized spacial score (nSPS) is 23.5. The number of aromatic nitrogens is 4. The Bertz CT molecular complexity index is 1060. The van der Waals surface area contributed by atoms with E-state index in [0.29, 0.717) is 22.6 Å². The second-order valence-corrected chi connectivity index (χ2v) is 8.62. The van der Waals surface area contributed by atoms with Crippen LogP contribution in [0.1, 0.15) is 12.5 Å². The van der Waals surface area contributed by atoms with Crippen molar-refractivity contribution in [1.82, 2.24) is 19.5 Å². The first kappa shape index (κ1) is 20.1.